The number of rotatable bonds is 9. The molecule has 0 aliphatic heterocycles. The lowest BCUT2D eigenvalue weighted by Gasteiger charge is -2.57. The fraction of sp³-hybridized carbons (Fsp3) is 1.00. The van der Waals surface area contributed by atoms with E-state index in [2.05, 4.69) is 0 Å². The molecule has 0 heterocycles. The molecule has 7 nitrogen and oxygen atoms in total. The van der Waals surface area contributed by atoms with Crippen LogP contribution in [0.3, 0.4) is 0 Å². The zero-order valence-corrected chi connectivity index (χ0v) is 17.7. The molecule has 9 heteroatoms. The summed E-state index contributed by atoms with van der Waals surface area (Å²) in [6, 6.07) is 0.0997. The monoisotopic (exact) mass is 399 g/mol. The van der Waals surface area contributed by atoms with Crippen LogP contribution in [0.15, 0.2) is 0 Å². The van der Waals surface area contributed by atoms with Crippen LogP contribution in [0.1, 0.15) is 79.1 Å². The first kappa shape index (κ1) is 23.3. The average molecular weight is 399 g/mol. The molecule has 0 aromatic heterocycles. The van der Waals surface area contributed by atoms with Crippen LogP contribution in [-0.4, -0.2) is 47.5 Å². The molecule has 0 aromatic carbocycles. The molecule has 0 unspecified atom stereocenters. The van der Waals surface area contributed by atoms with E-state index in [-0.39, 0.29) is 25.3 Å². The third kappa shape index (κ3) is 3.80. The summed E-state index contributed by atoms with van der Waals surface area (Å²) in [4.78, 5) is 40.4. The zero-order valence-electron chi connectivity index (χ0n) is 15.9. The van der Waals surface area contributed by atoms with Crippen molar-refractivity contribution in [2.24, 2.45) is 0 Å². The van der Waals surface area contributed by atoms with Crippen molar-refractivity contribution in [3.8, 4) is 0 Å². The Bertz CT molecular complexity index is 497. The first-order chi connectivity index (χ1) is 11.5. The summed E-state index contributed by atoms with van der Waals surface area (Å²) in [6.07, 6.45) is 5.29. The normalized spacial score (nSPS) is 18.8. The molecule has 0 spiro atoms. The molecule has 0 saturated heterocycles. The Morgan fingerprint density at radius 1 is 0.840 bits per heavy atom. The second-order valence-electron chi connectivity index (χ2n) is 7.07. The lowest BCUT2D eigenvalue weighted by molar-refractivity contribution is -0.00174. The third-order valence-corrected chi connectivity index (χ3v) is 11.2. The number of hydrogen-bond acceptors (Lipinski definition) is 3. The van der Waals surface area contributed by atoms with E-state index < -0.39 is 25.6 Å². The minimum atomic E-state index is -5.11. The van der Waals surface area contributed by atoms with Crippen molar-refractivity contribution in [1.29, 1.82) is 0 Å². The van der Waals surface area contributed by atoms with Gasteiger partial charge in [0.05, 0.1) is 0 Å². The summed E-state index contributed by atoms with van der Waals surface area (Å²) in [6.45, 7) is 7.46. The average Bonchev–Trinajstić information content (AvgIpc) is 2.53. The second-order valence-corrected chi connectivity index (χ2v) is 11.1. The minimum Gasteiger partial charge on any atom is -0.324 e. The first-order valence-electron chi connectivity index (χ1n) is 9.37. The van der Waals surface area contributed by atoms with Crippen LogP contribution in [0.5, 0.6) is 0 Å². The van der Waals surface area contributed by atoms with Gasteiger partial charge in [0.2, 0.25) is 0 Å². The van der Waals surface area contributed by atoms with Gasteiger partial charge in [0.25, 0.3) is 0 Å². The molecular weight excluding hydrogens is 364 g/mol. The molecule has 1 aliphatic carbocycles. The van der Waals surface area contributed by atoms with Crippen molar-refractivity contribution < 1.29 is 28.7 Å². The molecule has 1 fully saturated rings. The van der Waals surface area contributed by atoms with E-state index >= 15 is 0 Å². The summed E-state index contributed by atoms with van der Waals surface area (Å²) < 4.78 is 25.1. The topological polar surface area (TPSA) is 118 Å². The first-order valence-corrected chi connectivity index (χ1v) is 12.6. The highest BCUT2D eigenvalue weighted by Gasteiger charge is 2.71. The van der Waals surface area contributed by atoms with Crippen LogP contribution in [-0.2, 0) is 9.13 Å². The SMILES string of the molecule is CCN(C1CCCCC1)C(CC)(CC)C(CC)(P(=O)(O)O)P(=O)(O)O. The summed E-state index contributed by atoms with van der Waals surface area (Å²) in [5.41, 5.74) is -1.25. The van der Waals surface area contributed by atoms with Gasteiger partial charge < -0.3 is 19.6 Å². The summed E-state index contributed by atoms with van der Waals surface area (Å²) in [5.74, 6) is 0. The fourth-order valence-electron chi connectivity index (χ4n) is 5.21. The van der Waals surface area contributed by atoms with Crippen molar-refractivity contribution in [2.75, 3.05) is 6.54 Å². The highest BCUT2D eigenvalue weighted by atomic mass is 31.2. The Morgan fingerprint density at radius 2 is 1.28 bits per heavy atom. The van der Waals surface area contributed by atoms with E-state index in [4.69, 9.17) is 0 Å². The summed E-state index contributed by atoms with van der Waals surface area (Å²) in [5, 5.41) is 0. The van der Waals surface area contributed by atoms with Gasteiger partial charge in [0.15, 0.2) is 4.90 Å². The molecule has 0 radical (unpaired) electrons. The molecule has 0 bridgehead atoms. The van der Waals surface area contributed by atoms with E-state index in [0.29, 0.717) is 6.54 Å². The Balaban J connectivity index is 3.70. The Hall–Kier alpha value is 0.260. The Morgan fingerprint density at radius 3 is 1.56 bits per heavy atom. The van der Waals surface area contributed by atoms with E-state index in [1.54, 1.807) is 13.8 Å². The lowest BCUT2D eigenvalue weighted by atomic mass is 9.81. The quantitative estimate of drug-likeness (QED) is 0.437. The molecule has 4 N–H and O–H groups in total. The molecule has 0 atom stereocenters. The summed E-state index contributed by atoms with van der Waals surface area (Å²) >= 11 is 0. The maximum atomic E-state index is 12.6. The number of nitrogens with zero attached hydrogens (tertiary/aromatic N) is 1. The lowest BCUT2D eigenvalue weighted by Crippen LogP contribution is -2.65. The van der Waals surface area contributed by atoms with Crippen molar-refractivity contribution in [3.05, 3.63) is 0 Å². The van der Waals surface area contributed by atoms with E-state index in [0.717, 1.165) is 32.1 Å². The van der Waals surface area contributed by atoms with Crippen molar-refractivity contribution in [1.82, 2.24) is 4.90 Å². The van der Waals surface area contributed by atoms with E-state index in [1.165, 1.54) is 6.92 Å². The molecule has 1 saturated carbocycles. The van der Waals surface area contributed by atoms with Crippen molar-refractivity contribution >= 4 is 15.2 Å². The van der Waals surface area contributed by atoms with Gasteiger partial charge in [-0.1, -0.05) is 47.0 Å². The summed E-state index contributed by atoms with van der Waals surface area (Å²) in [7, 11) is -10.2. The second kappa shape index (κ2) is 8.52. The molecular formula is C16H35NO6P2. The van der Waals surface area contributed by atoms with Crippen LogP contribution in [0, 0.1) is 0 Å². The van der Waals surface area contributed by atoms with Gasteiger partial charge in [-0.25, -0.2) is 0 Å². The van der Waals surface area contributed by atoms with Crippen molar-refractivity contribution in [3.63, 3.8) is 0 Å². The Kier molecular flexibility index (Phi) is 7.94. The van der Waals surface area contributed by atoms with E-state index in [1.807, 2.05) is 11.8 Å². The maximum Gasteiger partial charge on any atom is 0.345 e. The predicted molar refractivity (Wildman–Crippen MR) is 99.7 cm³/mol. The molecule has 150 valence electrons. The predicted octanol–water partition coefficient (Wildman–Crippen LogP) is 3.66. The van der Waals surface area contributed by atoms with Crippen LogP contribution in [0.4, 0.5) is 0 Å². The molecule has 0 aromatic rings. The van der Waals surface area contributed by atoms with Crippen molar-refractivity contribution in [2.45, 2.75) is 95.5 Å². The smallest absolute Gasteiger partial charge is 0.324 e. The third-order valence-electron chi connectivity index (χ3n) is 6.28. The van der Waals surface area contributed by atoms with Crippen LogP contribution >= 0.6 is 15.2 Å². The van der Waals surface area contributed by atoms with Gasteiger partial charge >= 0.3 is 15.2 Å². The highest BCUT2D eigenvalue weighted by Crippen LogP contribution is 2.76. The zero-order chi connectivity index (χ0) is 19.5. The van der Waals surface area contributed by atoms with Gasteiger partial charge in [-0.3, -0.25) is 14.0 Å². The van der Waals surface area contributed by atoms with Crippen LogP contribution in [0.2, 0.25) is 0 Å². The number of hydrogen-bond donors (Lipinski definition) is 4. The van der Waals surface area contributed by atoms with E-state index in [9.17, 15) is 28.7 Å². The van der Waals surface area contributed by atoms with Crippen LogP contribution < -0.4 is 0 Å². The largest absolute Gasteiger partial charge is 0.345 e. The molecule has 0 amide bonds. The maximum absolute atomic E-state index is 12.6. The Labute approximate surface area is 151 Å². The minimum absolute atomic E-state index is 0.0997. The van der Waals surface area contributed by atoms with Gasteiger partial charge in [-0.05, 0) is 38.6 Å². The van der Waals surface area contributed by atoms with Gasteiger partial charge in [0, 0.05) is 11.6 Å². The fourth-order valence-corrected chi connectivity index (χ4v) is 9.36. The molecule has 1 rings (SSSR count). The standard InChI is InChI=1S/C16H35NO6P2/c1-5-15(6-2,17(8-4)14-12-10-9-11-13-14)16(7-3,24(18,19)20)25(21,22)23/h14H,5-13H2,1-4H3,(H2,18,19,20)(H2,21,22,23). The molecule has 1 aliphatic rings. The van der Waals surface area contributed by atoms with Gasteiger partial charge in [-0.15, -0.1) is 0 Å². The molecule has 25 heavy (non-hydrogen) atoms. The highest BCUT2D eigenvalue weighted by molar-refractivity contribution is 7.72. The van der Waals surface area contributed by atoms with Gasteiger partial charge in [-0.2, -0.15) is 0 Å². The van der Waals surface area contributed by atoms with Crippen LogP contribution in [0.25, 0.3) is 0 Å². The van der Waals surface area contributed by atoms with Gasteiger partial charge in [0.1, 0.15) is 0 Å².